The maximum atomic E-state index is 11.0. The van der Waals surface area contributed by atoms with Crippen molar-refractivity contribution >= 4 is 17.3 Å². The first-order valence-corrected chi connectivity index (χ1v) is 5.26. The van der Waals surface area contributed by atoms with E-state index in [9.17, 15) is 25.0 Å². The minimum Gasteiger partial charge on any atom is -0.478 e. The van der Waals surface area contributed by atoms with Crippen LogP contribution in [0.15, 0.2) is 12.1 Å². The van der Waals surface area contributed by atoms with Crippen LogP contribution in [0.1, 0.15) is 36.7 Å². The van der Waals surface area contributed by atoms with Crippen molar-refractivity contribution in [3.63, 3.8) is 0 Å². The van der Waals surface area contributed by atoms with Gasteiger partial charge in [-0.3, -0.25) is 20.2 Å². The number of nitrogens with zero attached hydrogens (tertiary/aromatic N) is 2. The fourth-order valence-electron chi connectivity index (χ4n) is 1.79. The van der Waals surface area contributed by atoms with Crippen LogP contribution in [0.5, 0.6) is 0 Å². The number of hydrogen-bond acceptors (Lipinski definition) is 5. The molecule has 0 aliphatic heterocycles. The summed E-state index contributed by atoms with van der Waals surface area (Å²) >= 11 is 0. The molecule has 0 atom stereocenters. The molecule has 1 N–H and O–H groups in total. The summed E-state index contributed by atoms with van der Waals surface area (Å²) in [5, 5.41) is 30.9. The molecule has 0 fully saturated rings. The topological polar surface area (TPSA) is 124 Å². The molecule has 1 rings (SSSR count). The molecule has 0 spiro atoms. The largest absolute Gasteiger partial charge is 1.00 e. The first kappa shape index (κ1) is 18.5. The van der Waals surface area contributed by atoms with Gasteiger partial charge in [0.25, 0.3) is 11.4 Å². The summed E-state index contributed by atoms with van der Waals surface area (Å²) in [5.41, 5.74) is -2.54. The second-order valence-electron chi connectivity index (χ2n) is 4.96. The van der Waals surface area contributed by atoms with E-state index in [1.54, 1.807) is 20.8 Å². The number of carboxylic acid groups (broad SMARTS) is 1. The molecule has 0 radical (unpaired) electrons. The Kier molecular flexibility index (Phi) is 5.82. The number of nitro groups is 2. The van der Waals surface area contributed by atoms with E-state index >= 15 is 0 Å². The average molecular weight is 291 g/mol. The molecular weight excluding hydrogens is 279 g/mol. The third-order valence-corrected chi connectivity index (χ3v) is 2.49. The van der Waals surface area contributed by atoms with Gasteiger partial charge in [0, 0.05) is 17.5 Å². The minimum absolute atomic E-state index is 0. The van der Waals surface area contributed by atoms with Gasteiger partial charge in [-0.25, -0.2) is 4.79 Å². The Labute approximate surface area is 136 Å². The third kappa shape index (κ3) is 3.75. The number of hydrogen-bond donors (Lipinski definition) is 1. The van der Waals surface area contributed by atoms with Crippen molar-refractivity contribution in [1.29, 1.82) is 0 Å². The second kappa shape index (κ2) is 6.29. The quantitative estimate of drug-likeness (QED) is 0.455. The molecular formula is C11H12N2NaO6+. The Bertz CT molecular complexity index is 544. The summed E-state index contributed by atoms with van der Waals surface area (Å²) in [6.07, 6.45) is 0. The van der Waals surface area contributed by atoms with Crippen LogP contribution in [0.4, 0.5) is 11.4 Å². The molecule has 0 bridgehead atoms. The standard InChI is InChI=1S/C11H12N2O6.Na/c1-11(2,3)9-7(12(16)17)4-6(10(14)15)5-8(9)13(18)19;/h4-5H,1-3H3,(H,14,15);/q;+1. The first-order valence-electron chi connectivity index (χ1n) is 5.26. The van der Waals surface area contributed by atoms with Gasteiger partial charge in [-0.1, -0.05) is 20.8 Å². The molecule has 102 valence electrons. The Hall–Kier alpha value is -1.51. The van der Waals surface area contributed by atoms with Gasteiger partial charge in [0.15, 0.2) is 0 Å². The van der Waals surface area contributed by atoms with E-state index in [0.29, 0.717) is 0 Å². The molecule has 0 amide bonds. The molecule has 0 aliphatic carbocycles. The van der Waals surface area contributed by atoms with Crippen molar-refractivity contribution in [3.05, 3.63) is 43.5 Å². The molecule has 0 saturated carbocycles. The fraction of sp³-hybridized carbons (Fsp3) is 0.364. The van der Waals surface area contributed by atoms with Gasteiger partial charge in [0.05, 0.1) is 15.4 Å². The van der Waals surface area contributed by atoms with E-state index in [2.05, 4.69) is 0 Å². The zero-order chi connectivity index (χ0) is 15.0. The SMILES string of the molecule is CC(C)(C)c1c([N+](=O)[O-])cc(C(=O)O)cc1[N+](=O)[O-].[Na+]. The van der Waals surface area contributed by atoms with E-state index in [-0.39, 0.29) is 35.1 Å². The summed E-state index contributed by atoms with van der Waals surface area (Å²) in [6.45, 7) is 4.76. The molecule has 1 aromatic rings. The van der Waals surface area contributed by atoms with E-state index in [4.69, 9.17) is 5.11 Å². The summed E-state index contributed by atoms with van der Waals surface area (Å²) in [7, 11) is 0. The molecule has 8 nitrogen and oxygen atoms in total. The van der Waals surface area contributed by atoms with Gasteiger partial charge in [-0.15, -0.1) is 0 Å². The molecule has 20 heavy (non-hydrogen) atoms. The number of benzene rings is 1. The fourth-order valence-corrected chi connectivity index (χ4v) is 1.79. The molecule has 0 heterocycles. The summed E-state index contributed by atoms with van der Waals surface area (Å²) in [5.74, 6) is -1.45. The van der Waals surface area contributed by atoms with Crippen LogP contribution in [0.3, 0.4) is 0 Å². The van der Waals surface area contributed by atoms with Crippen molar-refractivity contribution in [2.75, 3.05) is 0 Å². The van der Waals surface area contributed by atoms with Gasteiger partial charge in [-0.05, 0) is 0 Å². The summed E-state index contributed by atoms with van der Waals surface area (Å²) in [6, 6.07) is 1.69. The molecule has 0 aromatic heterocycles. The van der Waals surface area contributed by atoms with E-state index < -0.39 is 38.2 Å². The normalized spacial score (nSPS) is 10.6. The predicted molar refractivity (Wildman–Crippen MR) is 65.4 cm³/mol. The monoisotopic (exact) mass is 291 g/mol. The minimum atomic E-state index is -1.45. The summed E-state index contributed by atoms with van der Waals surface area (Å²) < 4.78 is 0. The maximum Gasteiger partial charge on any atom is 1.00 e. The van der Waals surface area contributed by atoms with Gasteiger partial charge in [-0.2, -0.15) is 0 Å². The summed E-state index contributed by atoms with van der Waals surface area (Å²) in [4.78, 5) is 31.3. The average Bonchev–Trinajstić information content (AvgIpc) is 2.25. The van der Waals surface area contributed by atoms with Gasteiger partial charge in [0.1, 0.15) is 5.56 Å². The van der Waals surface area contributed by atoms with Crippen LogP contribution in [0, 0.1) is 20.2 Å². The van der Waals surface area contributed by atoms with Crippen LogP contribution >= 0.6 is 0 Å². The van der Waals surface area contributed by atoms with Crippen LogP contribution in [0.25, 0.3) is 0 Å². The molecule has 0 aliphatic rings. The number of nitro benzene ring substituents is 2. The molecule has 0 saturated heterocycles. The van der Waals surface area contributed by atoms with E-state index in [1.807, 2.05) is 0 Å². The molecule has 1 aromatic carbocycles. The zero-order valence-electron chi connectivity index (χ0n) is 11.5. The Morgan fingerprint density at radius 3 is 1.65 bits per heavy atom. The van der Waals surface area contributed by atoms with Crippen molar-refractivity contribution in [1.82, 2.24) is 0 Å². The zero-order valence-corrected chi connectivity index (χ0v) is 13.5. The number of carbonyl (C=O) groups is 1. The van der Waals surface area contributed by atoms with E-state index in [1.165, 1.54) is 0 Å². The maximum absolute atomic E-state index is 11.0. The van der Waals surface area contributed by atoms with Crippen LogP contribution in [0.2, 0.25) is 0 Å². The van der Waals surface area contributed by atoms with Gasteiger partial charge >= 0.3 is 35.5 Å². The molecule has 9 heteroatoms. The number of rotatable bonds is 3. The van der Waals surface area contributed by atoms with E-state index in [0.717, 1.165) is 12.1 Å². The van der Waals surface area contributed by atoms with Crippen LogP contribution < -0.4 is 29.6 Å². The number of carboxylic acids is 1. The molecule has 0 unspecified atom stereocenters. The van der Waals surface area contributed by atoms with Crippen LogP contribution in [-0.2, 0) is 5.41 Å². The third-order valence-electron chi connectivity index (χ3n) is 2.49. The second-order valence-corrected chi connectivity index (χ2v) is 4.96. The Balaban J connectivity index is 0.00000361. The first-order chi connectivity index (χ1) is 8.55. The van der Waals surface area contributed by atoms with Crippen LogP contribution in [-0.4, -0.2) is 20.9 Å². The van der Waals surface area contributed by atoms with Gasteiger partial charge in [0.2, 0.25) is 0 Å². The van der Waals surface area contributed by atoms with Crippen molar-refractivity contribution in [2.24, 2.45) is 0 Å². The smallest absolute Gasteiger partial charge is 0.478 e. The number of aromatic carboxylic acids is 1. The Morgan fingerprint density at radius 2 is 1.45 bits per heavy atom. The van der Waals surface area contributed by atoms with Crippen molar-refractivity contribution in [2.45, 2.75) is 26.2 Å². The Morgan fingerprint density at radius 1 is 1.10 bits per heavy atom. The van der Waals surface area contributed by atoms with Gasteiger partial charge < -0.3 is 5.11 Å². The predicted octanol–water partition coefficient (Wildman–Crippen LogP) is -0.497. The van der Waals surface area contributed by atoms with Crippen molar-refractivity contribution < 1.29 is 49.3 Å². The van der Waals surface area contributed by atoms with Crippen molar-refractivity contribution in [3.8, 4) is 0 Å².